The lowest BCUT2D eigenvalue weighted by atomic mass is 10.3. The van der Waals surface area contributed by atoms with Crippen molar-refractivity contribution in [2.75, 3.05) is 5.32 Å². The van der Waals surface area contributed by atoms with Gasteiger partial charge in [0, 0.05) is 10.4 Å². The minimum atomic E-state index is -0.181. The maximum absolute atomic E-state index is 11.8. The van der Waals surface area contributed by atoms with Crippen molar-refractivity contribution in [3.05, 3.63) is 44.3 Å². The van der Waals surface area contributed by atoms with Crippen LogP contribution < -0.4 is 5.32 Å². The Balaban J connectivity index is 2.01. The average Bonchev–Trinajstić information content (AvgIpc) is 2.80. The first-order valence-electron chi connectivity index (χ1n) is 5.32. The molecule has 3 nitrogen and oxygen atoms in total. The number of nitrogens with zero attached hydrogens (tertiary/aromatic N) is 1. The van der Waals surface area contributed by atoms with Gasteiger partial charge in [-0.15, -0.1) is 22.9 Å². The third-order valence-corrected chi connectivity index (χ3v) is 3.97. The van der Waals surface area contributed by atoms with Crippen LogP contribution in [-0.2, 0) is 17.1 Å². The molecule has 0 saturated heterocycles. The van der Waals surface area contributed by atoms with Crippen LogP contribution in [-0.4, -0.2) is 10.9 Å². The second kappa shape index (κ2) is 6.57. The molecule has 0 saturated carbocycles. The van der Waals surface area contributed by atoms with Gasteiger partial charge in [-0.25, -0.2) is 4.98 Å². The quantitative estimate of drug-likeness (QED) is 0.843. The van der Waals surface area contributed by atoms with Gasteiger partial charge in [0.05, 0.1) is 28.7 Å². The van der Waals surface area contributed by atoms with Gasteiger partial charge in [0.15, 0.2) is 0 Å². The summed E-state index contributed by atoms with van der Waals surface area (Å²) in [5.41, 5.74) is 1.31. The van der Waals surface area contributed by atoms with E-state index < -0.39 is 0 Å². The average molecular weight is 336 g/mol. The third-order valence-electron chi connectivity index (χ3n) is 2.25. The highest BCUT2D eigenvalue weighted by Gasteiger charge is 2.10. The van der Waals surface area contributed by atoms with Gasteiger partial charge in [0.2, 0.25) is 5.91 Å². The Morgan fingerprint density at radius 2 is 2.16 bits per heavy atom. The highest BCUT2D eigenvalue weighted by molar-refractivity contribution is 7.09. The Morgan fingerprint density at radius 1 is 1.37 bits per heavy atom. The van der Waals surface area contributed by atoms with Gasteiger partial charge < -0.3 is 5.32 Å². The van der Waals surface area contributed by atoms with Crippen LogP contribution in [0.2, 0.25) is 10.0 Å². The van der Waals surface area contributed by atoms with E-state index in [1.54, 1.807) is 18.2 Å². The normalized spacial score (nSPS) is 10.5. The predicted octanol–water partition coefficient (Wildman–Crippen LogP) is 4.37. The Kier molecular flexibility index (Phi) is 5.05. The summed E-state index contributed by atoms with van der Waals surface area (Å²) in [5.74, 6) is 0.168. The van der Waals surface area contributed by atoms with E-state index >= 15 is 0 Å². The van der Waals surface area contributed by atoms with Crippen molar-refractivity contribution in [3.63, 3.8) is 0 Å². The molecule has 1 N–H and O–H groups in total. The number of carbonyl (C=O) groups excluding carboxylic acids is 1. The molecule has 1 amide bonds. The van der Waals surface area contributed by atoms with Gasteiger partial charge in [-0.2, -0.15) is 0 Å². The van der Waals surface area contributed by atoms with Crippen molar-refractivity contribution >= 4 is 57.7 Å². The molecule has 1 aromatic heterocycles. The lowest BCUT2D eigenvalue weighted by molar-refractivity contribution is -0.115. The second-order valence-corrected chi connectivity index (χ2v) is 5.77. The number of thiazole rings is 1. The summed E-state index contributed by atoms with van der Waals surface area (Å²) in [6.45, 7) is 0. The molecule has 0 spiro atoms. The number of rotatable bonds is 4. The molecule has 1 aromatic carbocycles. The zero-order valence-electron chi connectivity index (χ0n) is 9.62. The van der Waals surface area contributed by atoms with Crippen molar-refractivity contribution in [2.45, 2.75) is 12.3 Å². The van der Waals surface area contributed by atoms with E-state index in [0.29, 0.717) is 21.6 Å². The maximum atomic E-state index is 11.8. The third kappa shape index (κ3) is 4.08. The predicted molar refractivity (Wildman–Crippen MR) is 80.5 cm³/mol. The van der Waals surface area contributed by atoms with E-state index in [-0.39, 0.29) is 12.3 Å². The van der Waals surface area contributed by atoms with Crippen LogP contribution in [0.25, 0.3) is 0 Å². The number of carbonyl (C=O) groups is 1. The standard InChI is InChI=1S/C12H9Cl3N2OS/c13-5-8-6-19-12(16-8)4-11(18)17-10-2-1-7(14)3-9(10)15/h1-3,6H,4-5H2,(H,17,18). The summed E-state index contributed by atoms with van der Waals surface area (Å²) in [5, 5.41) is 6.20. The summed E-state index contributed by atoms with van der Waals surface area (Å²) in [7, 11) is 0. The van der Waals surface area contributed by atoms with Crippen molar-refractivity contribution in [3.8, 4) is 0 Å². The number of aromatic nitrogens is 1. The van der Waals surface area contributed by atoms with Gasteiger partial charge in [-0.05, 0) is 18.2 Å². The zero-order chi connectivity index (χ0) is 13.8. The number of anilines is 1. The number of hydrogen-bond acceptors (Lipinski definition) is 3. The smallest absolute Gasteiger partial charge is 0.231 e. The number of halogens is 3. The molecule has 2 aromatic rings. The summed E-state index contributed by atoms with van der Waals surface area (Å²) in [4.78, 5) is 16.1. The molecule has 0 aliphatic heterocycles. The van der Waals surface area contributed by atoms with Crippen molar-refractivity contribution in [1.29, 1.82) is 0 Å². The number of alkyl halides is 1. The first-order chi connectivity index (χ1) is 9.08. The topological polar surface area (TPSA) is 42.0 Å². The molecular formula is C12H9Cl3N2OS. The lowest BCUT2D eigenvalue weighted by Crippen LogP contribution is -2.14. The van der Waals surface area contributed by atoms with Crippen LogP contribution in [0.15, 0.2) is 23.6 Å². The van der Waals surface area contributed by atoms with Crippen LogP contribution in [0.4, 0.5) is 5.69 Å². The molecule has 0 atom stereocenters. The summed E-state index contributed by atoms with van der Waals surface area (Å²) >= 11 is 18.8. The van der Waals surface area contributed by atoms with Crippen molar-refractivity contribution in [1.82, 2.24) is 4.98 Å². The number of hydrogen-bond donors (Lipinski definition) is 1. The monoisotopic (exact) mass is 334 g/mol. The number of nitrogens with one attached hydrogen (secondary N) is 1. The number of benzene rings is 1. The van der Waals surface area contributed by atoms with Crippen LogP contribution in [0.5, 0.6) is 0 Å². The molecule has 0 aliphatic carbocycles. The molecule has 0 fully saturated rings. The van der Waals surface area contributed by atoms with Gasteiger partial charge in [-0.3, -0.25) is 4.79 Å². The Morgan fingerprint density at radius 3 is 2.79 bits per heavy atom. The molecule has 0 aliphatic rings. The molecule has 100 valence electrons. The fourth-order valence-corrected chi connectivity index (χ4v) is 2.89. The maximum Gasteiger partial charge on any atom is 0.231 e. The molecule has 7 heteroatoms. The first kappa shape index (κ1) is 14.6. The highest BCUT2D eigenvalue weighted by Crippen LogP contribution is 2.25. The van der Waals surface area contributed by atoms with E-state index in [4.69, 9.17) is 34.8 Å². The molecule has 19 heavy (non-hydrogen) atoms. The minimum Gasteiger partial charge on any atom is -0.324 e. The fraction of sp³-hybridized carbons (Fsp3) is 0.167. The largest absolute Gasteiger partial charge is 0.324 e. The van der Waals surface area contributed by atoms with Crippen molar-refractivity contribution in [2.24, 2.45) is 0 Å². The first-order valence-corrected chi connectivity index (χ1v) is 7.49. The van der Waals surface area contributed by atoms with Gasteiger partial charge in [0.25, 0.3) is 0 Å². The van der Waals surface area contributed by atoms with E-state index in [2.05, 4.69) is 10.3 Å². The fourth-order valence-electron chi connectivity index (χ4n) is 1.41. The van der Waals surface area contributed by atoms with E-state index in [1.807, 2.05) is 5.38 Å². The van der Waals surface area contributed by atoms with Crippen molar-refractivity contribution < 1.29 is 4.79 Å². The van der Waals surface area contributed by atoms with Crippen LogP contribution in [0, 0.1) is 0 Å². The molecule has 2 rings (SSSR count). The van der Waals surface area contributed by atoms with Crippen LogP contribution in [0.3, 0.4) is 0 Å². The van der Waals surface area contributed by atoms with E-state index in [1.165, 1.54) is 11.3 Å². The molecule has 1 heterocycles. The Hall–Kier alpha value is -0.810. The van der Waals surface area contributed by atoms with Gasteiger partial charge in [0.1, 0.15) is 5.01 Å². The molecule has 0 unspecified atom stereocenters. The molecule has 0 bridgehead atoms. The summed E-state index contributed by atoms with van der Waals surface area (Å²) < 4.78 is 0. The molecular weight excluding hydrogens is 327 g/mol. The van der Waals surface area contributed by atoms with Crippen LogP contribution >= 0.6 is 46.1 Å². The van der Waals surface area contributed by atoms with Crippen LogP contribution in [0.1, 0.15) is 10.7 Å². The highest BCUT2D eigenvalue weighted by atomic mass is 35.5. The second-order valence-electron chi connectivity index (χ2n) is 3.72. The zero-order valence-corrected chi connectivity index (χ0v) is 12.7. The lowest BCUT2D eigenvalue weighted by Gasteiger charge is -2.06. The Bertz CT molecular complexity index is 600. The van der Waals surface area contributed by atoms with Gasteiger partial charge >= 0.3 is 0 Å². The minimum absolute atomic E-state index is 0.181. The Labute approximate surface area is 129 Å². The van der Waals surface area contributed by atoms with E-state index in [0.717, 1.165) is 10.7 Å². The SMILES string of the molecule is O=C(Cc1nc(CCl)cs1)Nc1ccc(Cl)cc1Cl. The summed E-state index contributed by atoms with van der Waals surface area (Å²) in [6.07, 6.45) is 0.195. The van der Waals surface area contributed by atoms with Gasteiger partial charge in [-0.1, -0.05) is 23.2 Å². The summed E-state index contributed by atoms with van der Waals surface area (Å²) in [6, 6.07) is 4.90. The molecule has 0 radical (unpaired) electrons. The van der Waals surface area contributed by atoms with E-state index in [9.17, 15) is 4.79 Å². The number of amides is 1.